The van der Waals surface area contributed by atoms with Crippen LogP contribution in [0.5, 0.6) is 0 Å². The minimum absolute atomic E-state index is 0.872. The molecule has 0 saturated carbocycles. The van der Waals surface area contributed by atoms with Crippen LogP contribution in [-0.4, -0.2) is 18.3 Å². The zero-order valence-corrected chi connectivity index (χ0v) is 12.0. The van der Waals surface area contributed by atoms with Crippen LogP contribution in [0.2, 0.25) is 26.2 Å². The SMILES string of the molecule is C[Si](C)(C)C(Cl)(Cl)[Si](C)(Cl)Cl. The molecule has 0 nitrogen and oxygen atoms in total. The van der Waals surface area contributed by atoms with Gasteiger partial charge in [-0.05, 0) is 6.55 Å². The van der Waals surface area contributed by atoms with E-state index in [2.05, 4.69) is 19.6 Å². The van der Waals surface area contributed by atoms with Crippen LogP contribution in [0.15, 0.2) is 0 Å². The Balaban J connectivity index is 4.75. The fourth-order valence-corrected chi connectivity index (χ4v) is 11.0. The van der Waals surface area contributed by atoms with Gasteiger partial charge in [0.1, 0.15) is 3.58 Å². The van der Waals surface area contributed by atoms with E-state index in [4.69, 9.17) is 45.4 Å². The summed E-state index contributed by atoms with van der Waals surface area (Å²) in [5, 5.41) is 0. The number of rotatable bonds is 2. The number of alkyl halides is 2. The Labute approximate surface area is 89.6 Å². The van der Waals surface area contributed by atoms with Gasteiger partial charge in [0.15, 0.2) is 0 Å². The Morgan fingerprint density at radius 2 is 1.18 bits per heavy atom. The topological polar surface area (TPSA) is 0 Å². The molecule has 0 heterocycles. The molecule has 0 aliphatic carbocycles. The first-order valence-electron chi connectivity index (χ1n) is 3.26. The first kappa shape index (κ1) is 12.6. The number of hydrogen-bond donors (Lipinski definition) is 0. The lowest BCUT2D eigenvalue weighted by Gasteiger charge is -2.37. The number of halogens is 4. The van der Waals surface area contributed by atoms with Gasteiger partial charge in [-0.25, -0.2) is 0 Å². The van der Waals surface area contributed by atoms with E-state index in [-0.39, 0.29) is 0 Å². The molecule has 0 spiro atoms. The molecule has 0 atom stereocenters. The fraction of sp³-hybridized carbons (Fsp3) is 1.00. The monoisotopic (exact) mass is 268 g/mol. The van der Waals surface area contributed by atoms with E-state index in [1.54, 1.807) is 6.55 Å². The molecule has 0 N–H and O–H groups in total. The third-order valence-corrected chi connectivity index (χ3v) is 17.7. The lowest BCUT2D eigenvalue weighted by molar-refractivity contribution is 1.44. The largest absolute Gasteiger partial charge is 0.279 e. The van der Waals surface area contributed by atoms with E-state index in [1.165, 1.54) is 0 Å². The summed E-state index contributed by atoms with van der Waals surface area (Å²) in [5.41, 5.74) is 0. The molecule has 68 valence electrons. The fourth-order valence-electron chi connectivity index (χ4n) is 0.658. The van der Waals surface area contributed by atoms with E-state index in [9.17, 15) is 0 Å². The van der Waals surface area contributed by atoms with Gasteiger partial charge in [-0.1, -0.05) is 19.6 Å². The average Bonchev–Trinajstić information content (AvgIpc) is 1.58. The van der Waals surface area contributed by atoms with E-state index in [1.807, 2.05) is 0 Å². The van der Waals surface area contributed by atoms with Crippen LogP contribution in [0.4, 0.5) is 0 Å². The highest BCUT2D eigenvalue weighted by molar-refractivity contribution is 7.53. The number of hydrogen-bond acceptors (Lipinski definition) is 0. The molecule has 0 radical (unpaired) electrons. The summed E-state index contributed by atoms with van der Waals surface area (Å²) < 4.78 is -0.872. The normalized spacial score (nSPS) is 15.3. The minimum atomic E-state index is -2.48. The Hall–Kier alpha value is 1.59. The van der Waals surface area contributed by atoms with Crippen molar-refractivity contribution in [2.75, 3.05) is 0 Å². The zero-order valence-electron chi connectivity index (χ0n) is 7.01. The molecule has 0 unspecified atom stereocenters. The van der Waals surface area contributed by atoms with Crippen LogP contribution in [0.25, 0.3) is 0 Å². The van der Waals surface area contributed by atoms with Gasteiger partial charge in [0.2, 0.25) is 0 Å². The maximum Gasteiger partial charge on any atom is 0.279 e. The van der Waals surface area contributed by atoms with E-state index < -0.39 is 18.3 Å². The molecule has 11 heavy (non-hydrogen) atoms. The Morgan fingerprint density at radius 1 is 0.909 bits per heavy atom. The van der Waals surface area contributed by atoms with Crippen LogP contribution in [0.3, 0.4) is 0 Å². The quantitative estimate of drug-likeness (QED) is 0.402. The van der Waals surface area contributed by atoms with Gasteiger partial charge in [-0.15, -0.1) is 45.4 Å². The van der Waals surface area contributed by atoms with Crippen LogP contribution in [0.1, 0.15) is 0 Å². The summed E-state index contributed by atoms with van der Waals surface area (Å²) in [4.78, 5) is 0. The van der Waals surface area contributed by atoms with Crippen molar-refractivity contribution in [3.63, 3.8) is 0 Å². The molecule has 0 bridgehead atoms. The predicted molar refractivity (Wildman–Crippen MR) is 61.1 cm³/mol. The van der Waals surface area contributed by atoms with Crippen molar-refractivity contribution in [2.45, 2.75) is 29.8 Å². The molecule has 0 saturated heterocycles. The van der Waals surface area contributed by atoms with Crippen LogP contribution in [-0.2, 0) is 0 Å². The highest BCUT2D eigenvalue weighted by Crippen LogP contribution is 2.44. The van der Waals surface area contributed by atoms with Crippen molar-refractivity contribution in [1.82, 2.24) is 0 Å². The molecule has 6 heteroatoms. The summed E-state index contributed by atoms with van der Waals surface area (Å²) in [6.45, 7) is 5.45. The molecule has 0 aromatic heterocycles. The molecule has 0 aromatic carbocycles. The van der Waals surface area contributed by atoms with E-state index in [0.29, 0.717) is 0 Å². The van der Waals surface area contributed by atoms with Gasteiger partial charge < -0.3 is 0 Å². The second kappa shape index (κ2) is 3.39. The second-order valence-electron chi connectivity index (χ2n) is 3.71. The van der Waals surface area contributed by atoms with Crippen molar-refractivity contribution in [1.29, 1.82) is 0 Å². The Bertz CT molecular complexity index is 128. The van der Waals surface area contributed by atoms with E-state index in [0.717, 1.165) is 0 Å². The van der Waals surface area contributed by atoms with Crippen LogP contribution >= 0.6 is 45.4 Å². The van der Waals surface area contributed by atoms with Gasteiger partial charge in [0.25, 0.3) is 6.69 Å². The Kier molecular flexibility index (Phi) is 3.88. The lowest BCUT2D eigenvalue weighted by Crippen LogP contribution is -2.56. The molecule has 0 fully saturated rings. The van der Waals surface area contributed by atoms with Gasteiger partial charge in [0.05, 0.1) is 8.07 Å². The van der Waals surface area contributed by atoms with Crippen molar-refractivity contribution in [2.24, 2.45) is 0 Å². The van der Waals surface area contributed by atoms with Crippen molar-refractivity contribution >= 4 is 60.1 Å². The Morgan fingerprint density at radius 3 is 1.18 bits per heavy atom. The van der Waals surface area contributed by atoms with Crippen molar-refractivity contribution in [3.05, 3.63) is 0 Å². The highest BCUT2D eigenvalue weighted by atomic mass is 35.7. The molecular formula is C5H12Cl4Si2. The average molecular weight is 270 g/mol. The van der Waals surface area contributed by atoms with Gasteiger partial charge in [-0.3, -0.25) is 0 Å². The van der Waals surface area contributed by atoms with E-state index >= 15 is 0 Å². The van der Waals surface area contributed by atoms with Gasteiger partial charge in [-0.2, -0.15) is 0 Å². The van der Waals surface area contributed by atoms with Crippen molar-refractivity contribution < 1.29 is 0 Å². The first-order valence-corrected chi connectivity index (χ1v) is 12.0. The summed E-state index contributed by atoms with van der Waals surface area (Å²) in [5.74, 6) is 0. The summed E-state index contributed by atoms with van der Waals surface area (Å²) in [7, 11) is -1.69. The maximum atomic E-state index is 6.11. The smallest absolute Gasteiger partial charge is 0.143 e. The molecule has 0 aliphatic rings. The van der Waals surface area contributed by atoms with Crippen LogP contribution in [0, 0.1) is 0 Å². The third kappa shape index (κ3) is 2.78. The zero-order chi connectivity index (χ0) is 9.50. The predicted octanol–water partition coefficient (Wildman–Crippen LogP) is 4.13. The molecule has 0 aromatic rings. The molecule has 0 amide bonds. The lowest BCUT2D eigenvalue weighted by atomic mass is 11.7. The first-order chi connectivity index (χ1) is 4.50. The standard InChI is InChI=1S/C5H12Cl4Si2/c1-10(2,3)5(6,7)11(4,8)9/h1-4H3. The molecular weight excluding hydrogens is 258 g/mol. The highest BCUT2D eigenvalue weighted by Gasteiger charge is 2.54. The molecule has 0 aliphatic heterocycles. The second-order valence-corrected chi connectivity index (χ2v) is 19.7. The van der Waals surface area contributed by atoms with Crippen LogP contribution < -0.4 is 0 Å². The third-order valence-electron chi connectivity index (χ3n) is 1.49. The van der Waals surface area contributed by atoms with Gasteiger partial charge >= 0.3 is 0 Å². The molecule has 0 rings (SSSR count). The van der Waals surface area contributed by atoms with Gasteiger partial charge in [0, 0.05) is 0 Å². The maximum absolute atomic E-state index is 6.11. The van der Waals surface area contributed by atoms with Crippen molar-refractivity contribution in [3.8, 4) is 0 Å². The summed E-state index contributed by atoms with van der Waals surface area (Å²) in [6.07, 6.45) is 0. The summed E-state index contributed by atoms with van der Waals surface area (Å²) >= 11 is 24.2. The summed E-state index contributed by atoms with van der Waals surface area (Å²) in [6, 6.07) is 0. The minimum Gasteiger partial charge on any atom is -0.143 e.